The smallest absolute Gasteiger partial charge is 0.0824 e. The van der Waals surface area contributed by atoms with Crippen molar-refractivity contribution in [2.45, 2.75) is 0 Å². The zero-order valence-electron chi connectivity index (χ0n) is 9.77. The zero-order valence-corrected chi connectivity index (χ0v) is 9.77. The first-order chi connectivity index (χ1) is 8.43. The van der Waals surface area contributed by atoms with Crippen molar-refractivity contribution >= 4 is 34.1 Å². The predicted molar refractivity (Wildman–Crippen MR) is 78.4 cm³/mol. The molecule has 0 spiro atoms. The standard InChI is InChI=1S/C12H16N6/c13-6-3-1-2-5(4-6)7-8(14)10(16)12(18)11(17)9(7)15/h1-4H,13-18H2. The Morgan fingerprint density at radius 3 is 1.61 bits per heavy atom. The van der Waals surface area contributed by atoms with Crippen LogP contribution in [-0.2, 0) is 0 Å². The minimum absolute atomic E-state index is 0.206. The second-order valence-corrected chi connectivity index (χ2v) is 4.07. The van der Waals surface area contributed by atoms with E-state index in [-0.39, 0.29) is 17.1 Å². The van der Waals surface area contributed by atoms with Gasteiger partial charge < -0.3 is 34.4 Å². The normalized spacial score (nSPS) is 10.4. The molecule has 12 N–H and O–H groups in total. The molecule has 0 saturated heterocycles. The average Bonchev–Trinajstić information content (AvgIpc) is 2.34. The molecule has 2 aromatic carbocycles. The van der Waals surface area contributed by atoms with Crippen molar-refractivity contribution in [1.29, 1.82) is 0 Å². The number of benzene rings is 2. The Kier molecular flexibility index (Phi) is 2.55. The van der Waals surface area contributed by atoms with E-state index in [2.05, 4.69) is 0 Å². The highest BCUT2D eigenvalue weighted by atomic mass is 14.8. The number of anilines is 6. The number of hydrogen-bond acceptors (Lipinski definition) is 6. The van der Waals surface area contributed by atoms with E-state index in [1.165, 1.54) is 0 Å². The number of nitrogen functional groups attached to an aromatic ring is 6. The van der Waals surface area contributed by atoms with Gasteiger partial charge in [0.2, 0.25) is 0 Å². The van der Waals surface area contributed by atoms with Crippen LogP contribution < -0.4 is 34.4 Å². The van der Waals surface area contributed by atoms with Crippen molar-refractivity contribution < 1.29 is 0 Å². The van der Waals surface area contributed by atoms with Gasteiger partial charge in [0.05, 0.1) is 28.4 Å². The van der Waals surface area contributed by atoms with Crippen molar-refractivity contribution in [2.24, 2.45) is 0 Å². The Morgan fingerprint density at radius 1 is 0.611 bits per heavy atom. The maximum Gasteiger partial charge on any atom is 0.0824 e. The van der Waals surface area contributed by atoms with Gasteiger partial charge in [-0.25, -0.2) is 0 Å². The predicted octanol–water partition coefficient (Wildman–Crippen LogP) is 0.847. The van der Waals surface area contributed by atoms with Gasteiger partial charge in [-0.05, 0) is 17.7 Å². The molecule has 0 atom stereocenters. The van der Waals surface area contributed by atoms with Gasteiger partial charge in [-0.1, -0.05) is 12.1 Å². The van der Waals surface area contributed by atoms with E-state index >= 15 is 0 Å². The maximum atomic E-state index is 5.95. The lowest BCUT2D eigenvalue weighted by Gasteiger charge is -2.17. The fraction of sp³-hybridized carbons (Fsp3) is 0. The lowest BCUT2D eigenvalue weighted by Crippen LogP contribution is -2.09. The molecule has 6 nitrogen and oxygen atoms in total. The van der Waals surface area contributed by atoms with Crippen LogP contribution in [0.25, 0.3) is 11.1 Å². The van der Waals surface area contributed by atoms with Gasteiger partial charge in [-0.2, -0.15) is 0 Å². The molecule has 0 amide bonds. The molecule has 0 bridgehead atoms. The Hall–Kier alpha value is -2.76. The quantitative estimate of drug-likeness (QED) is 0.408. The van der Waals surface area contributed by atoms with Gasteiger partial charge in [0.1, 0.15) is 0 Å². The van der Waals surface area contributed by atoms with Gasteiger partial charge in [0.15, 0.2) is 0 Å². The Morgan fingerprint density at radius 2 is 1.11 bits per heavy atom. The molecule has 0 radical (unpaired) electrons. The third-order valence-electron chi connectivity index (χ3n) is 2.87. The van der Waals surface area contributed by atoms with E-state index in [0.717, 1.165) is 5.56 Å². The summed E-state index contributed by atoms with van der Waals surface area (Å²) in [6, 6.07) is 7.14. The van der Waals surface area contributed by atoms with E-state index < -0.39 is 0 Å². The molecule has 0 aromatic heterocycles. The molecule has 0 aliphatic heterocycles. The Balaban J connectivity index is 2.80. The molecule has 94 valence electrons. The number of rotatable bonds is 1. The molecule has 0 unspecified atom stereocenters. The van der Waals surface area contributed by atoms with Gasteiger partial charge in [-0.15, -0.1) is 0 Å². The highest BCUT2D eigenvalue weighted by Gasteiger charge is 2.17. The highest BCUT2D eigenvalue weighted by Crippen LogP contribution is 2.44. The van der Waals surface area contributed by atoms with Crippen LogP contribution in [0.5, 0.6) is 0 Å². The molecular formula is C12H16N6. The summed E-state index contributed by atoms with van der Waals surface area (Å²) in [4.78, 5) is 0. The summed E-state index contributed by atoms with van der Waals surface area (Å²) in [5.41, 5.74) is 38.2. The molecular weight excluding hydrogens is 228 g/mol. The van der Waals surface area contributed by atoms with Crippen molar-refractivity contribution in [3.05, 3.63) is 24.3 Å². The lowest BCUT2D eigenvalue weighted by molar-refractivity contribution is 1.58. The second kappa shape index (κ2) is 3.92. The number of nitrogens with two attached hydrogens (primary N) is 6. The van der Waals surface area contributed by atoms with Crippen molar-refractivity contribution in [3.8, 4) is 11.1 Å². The van der Waals surface area contributed by atoms with Gasteiger partial charge in [0, 0.05) is 11.3 Å². The summed E-state index contributed by atoms with van der Waals surface area (Å²) in [6.45, 7) is 0. The monoisotopic (exact) mass is 244 g/mol. The van der Waals surface area contributed by atoms with Crippen LogP contribution in [0.2, 0.25) is 0 Å². The van der Waals surface area contributed by atoms with Crippen LogP contribution in [0.4, 0.5) is 34.1 Å². The Bertz CT molecular complexity index is 591. The SMILES string of the molecule is Nc1cccc(-c2c(N)c(N)c(N)c(N)c2N)c1. The first-order valence-electron chi connectivity index (χ1n) is 5.30. The molecule has 0 saturated carbocycles. The van der Waals surface area contributed by atoms with E-state index in [4.69, 9.17) is 34.4 Å². The molecule has 0 aliphatic carbocycles. The average molecular weight is 244 g/mol. The highest BCUT2D eigenvalue weighted by molar-refractivity contribution is 6.05. The van der Waals surface area contributed by atoms with Gasteiger partial charge in [0.25, 0.3) is 0 Å². The van der Waals surface area contributed by atoms with Crippen LogP contribution in [0.1, 0.15) is 0 Å². The molecule has 0 aliphatic rings. The largest absolute Gasteiger partial charge is 0.399 e. The Labute approximate surface area is 105 Å². The van der Waals surface area contributed by atoms with E-state index in [0.29, 0.717) is 22.6 Å². The van der Waals surface area contributed by atoms with Crippen LogP contribution >= 0.6 is 0 Å². The molecule has 2 rings (SSSR count). The molecule has 18 heavy (non-hydrogen) atoms. The summed E-state index contributed by atoms with van der Waals surface area (Å²) in [5.74, 6) is 0. The fourth-order valence-electron chi connectivity index (χ4n) is 1.85. The molecule has 0 heterocycles. The summed E-state index contributed by atoms with van der Waals surface area (Å²) in [7, 11) is 0. The summed E-state index contributed by atoms with van der Waals surface area (Å²) < 4.78 is 0. The van der Waals surface area contributed by atoms with Gasteiger partial charge >= 0.3 is 0 Å². The van der Waals surface area contributed by atoms with Crippen molar-refractivity contribution in [3.63, 3.8) is 0 Å². The van der Waals surface area contributed by atoms with Crippen molar-refractivity contribution in [1.82, 2.24) is 0 Å². The van der Waals surface area contributed by atoms with E-state index in [1.807, 2.05) is 6.07 Å². The summed E-state index contributed by atoms with van der Waals surface area (Å²) >= 11 is 0. The third-order valence-corrected chi connectivity index (χ3v) is 2.87. The zero-order chi connectivity index (χ0) is 13.4. The molecule has 0 fully saturated rings. The van der Waals surface area contributed by atoms with Crippen LogP contribution in [-0.4, -0.2) is 0 Å². The van der Waals surface area contributed by atoms with Crippen LogP contribution in [0.15, 0.2) is 24.3 Å². The third kappa shape index (κ3) is 1.60. The molecule has 6 heteroatoms. The lowest BCUT2D eigenvalue weighted by atomic mass is 9.98. The van der Waals surface area contributed by atoms with E-state index in [9.17, 15) is 0 Å². The first-order valence-corrected chi connectivity index (χ1v) is 5.30. The van der Waals surface area contributed by atoms with Gasteiger partial charge in [-0.3, -0.25) is 0 Å². The topological polar surface area (TPSA) is 156 Å². The van der Waals surface area contributed by atoms with E-state index in [1.54, 1.807) is 18.2 Å². The minimum atomic E-state index is 0.206. The van der Waals surface area contributed by atoms with Crippen LogP contribution in [0.3, 0.4) is 0 Å². The number of hydrogen-bond donors (Lipinski definition) is 6. The minimum Gasteiger partial charge on any atom is -0.399 e. The van der Waals surface area contributed by atoms with Crippen LogP contribution in [0, 0.1) is 0 Å². The maximum absolute atomic E-state index is 5.95. The summed E-state index contributed by atoms with van der Waals surface area (Å²) in [6.07, 6.45) is 0. The summed E-state index contributed by atoms with van der Waals surface area (Å²) in [5, 5.41) is 0. The van der Waals surface area contributed by atoms with Crippen molar-refractivity contribution in [2.75, 3.05) is 34.4 Å². The fourth-order valence-corrected chi connectivity index (χ4v) is 1.85. The second-order valence-electron chi connectivity index (χ2n) is 4.07. The molecule has 2 aromatic rings. The first kappa shape index (κ1) is 11.7.